The molecule has 2 heterocycles. The lowest BCUT2D eigenvalue weighted by Crippen LogP contribution is -2.28. The summed E-state index contributed by atoms with van der Waals surface area (Å²) in [5, 5.41) is 6.44. The first-order valence-electron chi connectivity index (χ1n) is 7.87. The van der Waals surface area contributed by atoms with E-state index in [1.54, 1.807) is 24.4 Å². The standard InChI is InChI=1S/C17H16N6O2S2/c24-27(25,23-16-19-10-3-11-20-16)15-7-5-13(6-8-15)22-17(26)21-12-14-4-1-2-9-18-14/h1-11H,12H2,(H,19,20,23)(H2,21,22,26). The van der Waals surface area contributed by atoms with Gasteiger partial charge in [-0.15, -0.1) is 0 Å². The van der Waals surface area contributed by atoms with Crippen molar-refractivity contribution >= 4 is 39.0 Å². The summed E-state index contributed by atoms with van der Waals surface area (Å²) >= 11 is 5.23. The van der Waals surface area contributed by atoms with Crippen LogP contribution in [0, 0.1) is 0 Å². The molecule has 0 saturated carbocycles. The summed E-state index contributed by atoms with van der Waals surface area (Å²) in [6.45, 7) is 0.486. The number of hydrogen-bond donors (Lipinski definition) is 3. The molecule has 0 aliphatic carbocycles. The first-order chi connectivity index (χ1) is 13.0. The molecule has 138 valence electrons. The molecular formula is C17H16N6O2S2. The topological polar surface area (TPSA) is 109 Å². The number of sulfonamides is 1. The molecule has 0 unspecified atom stereocenters. The van der Waals surface area contributed by atoms with E-state index < -0.39 is 10.0 Å². The molecule has 8 nitrogen and oxygen atoms in total. The highest BCUT2D eigenvalue weighted by Crippen LogP contribution is 2.16. The number of rotatable bonds is 6. The van der Waals surface area contributed by atoms with Crippen LogP contribution in [0.15, 0.2) is 72.0 Å². The largest absolute Gasteiger partial charge is 0.357 e. The predicted molar refractivity (Wildman–Crippen MR) is 107 cm³/mol. The molecule has 0 saturated heterocycles. The van der Waals surface area contributed by atoms with Crippen molar-refractivity contribution in [2.45, 2.75) is 11.4 Å². The fourth-order valence-electron chi connectivity index (χ4n) is 2.10. The Bertz CT molecular complexity index is 997. The van der Waals surface area contributed by atoms with E-state index in [9.17, 15) is 8.42 Å². The molecule has 0 amide bonds. The fourth-order valence-corrected chi connectivity index (χ4v) is 3.25. The monoisotopic (exact) mass is 400 g/mol. The van der Waals surface area contributed by atoms with Gasteiger partial charge in [0.1, 0.15) is 0 Å². The second-order valence-corrected chi connectivity index (χ2v) is 7.42. The van der Waals surface area contributed by atoms with Crippen LogP contribution in [0.4, 0.5) is 11.6 Å². The summed E-state index contributed by atoms with van der Waals surface area (Å²) in [5.41, 5.74) is 1.51. The van der Waals surface area contributed by atoms with Gasteiger partial charge < -0.3 is 10.6 Å². The molecular weight excluding hydrogens is 384 g/mol. The normalized spacial score (nSPS) is 10.8. The Labute approximate surface area is 162 Å². The number of hydrogen-bond acceptors (Lipinski definition) is 6. The van der Waals surface area contributed by atoms with Crippen LogP contribution in [0.2, 0.25) is 0 Å². The maximum atomic E-state index is 12.3. The van der Waals surface area contributed by atoms with Crippen molar-refractivity contribution in [3.63, 3.8) is 0 Å². The summed E-state index contributed by atoms with van der Waals surface area (Å²) in [5.74, 6) is 0.0135. The van der Waals surface area contributed by atoms with Crippen LogP contribution in [0.3, 0.4) is 0 Å². The quantitative estimate of drug-likeness (QED) is 0.540. The number of nitrogens with zero attached hydrogens (tertiary/aromatic N) is 3. The fraction of sp³-hybridized carbons (Fsp3) is 0.0588. The van der Waals surface area contributed by atoms with E-state index in [2.05, 4.69) is 30.3 Å². The van der Waals surface area contributed by atoms with Crippen LogP contribution in [0.25, 0.3) is 0 Å². The SMILES string of the molecule is O=S(=O)(Nc1ncccn1)c1ccc(NC(=S)NCc2ccccn2)cc1. The summed E-state index contributed by atoms with van der Waals surface area (Å²) in [6.07, 6.45) is 4.62. The lowest BCUT2D eigenvalue weighted by Gasteiger charge is -2.11. The van der Waals surface area contributed by atoms with Gasteiger partial charge in [0.2, 0.25) is 5.95 Å². The Morgan fingerprint density at radius 3 is 2.30 bits per heavy atom. The van der Waals surface area contributed by atoms with E-state index in [0.717, 1.165) is 5.69 Å². The lowest BCUT2D eigenvalue weighted by molar-refractivity contribution is 0.601. The second-order valence-electron chi connectivity index (χ2n) is 5.33. The Morgan fingerprint density at radius 1 is 0.926 bits per heavy atom. The smallest absolute Gasteiger partial charge is 0.264 e. The first kappa shape index (κ1) is 18.7. The molecule has 0 aliphatic heterocycles. The number of benzene rings is 1. The minimum Gasteiger partial charge on any atom is -0.357 e. The van der Waals surface area contributed by atoms with Gasteiger partial charge in [0.05, 0.1) is 17.1 Å². The average molecular weight is 400 g/mol. The zero-order chi connectivity index (χ0) is 19.1. The molecule has 0 fully saturated rings. The van der Waals surface area contributed by atoms with Crippen molar-refractivity contribution in [3.05, 3.63) is 72.8 Å². The van der Waals surface area contributed by atoms with Crippen LogP contribution >= 0.6 is 12.2 Å². The van der Waals surface area contributed by atoms with Gasteiger partial charge in [-0.2, -0.15) is 0 Å². The maximum absolute atomic E-state index is 12.3. The summed E-state index contributed by atoms with van der Waals surface area (Å²) < 4.78 is 27.0. The van der Waals surface area contributed by atoms with Crippen molar-refractivity contribution in [2.75, 3.05) is 10.0 Å². The minimum atomic E-state index is -3.76. The van der Waals surface area contributed by atoms with Gasteiger partial charge in [-0.25, -0.2) is 23.1 Å². The van der Waals surface area contributed by atoms with Gasteiger partial charge >= 0.3 is 0 Å². The third-order valence-electron chi connectivity index (χ3n) is 3.37. The van der Waals surface area contributed by atoms with Crippen molar-refractivity contribution in [2.24, 2.45) is 0 Å². The number of aromatic nitrogens is 3. The van der Waals surface area contributed by atoms with Crippen LogP contribution in [-0.4, -0.2) is 28.5 Å². The third kappa shape index (κ3) is 5.43. The van der Waals surface area contributed by atoms with Crippen LogP contribution < -0.4 is 15.4 Å². The molecule has 3 rings (SSSR count). The Balaban J connectivity index is 1.59. The van der Waals surface area contributed by atoms with E-state index in [0.29, 0.717) is 17.3 Å². The highest BCUT2D eigenvalue weighted by atomic mass is 32.2. The van der Waals surface area contributed by atoms with E-state index in [1.807, 2.05) is 18.2 Å². The number of anilines is 2. The van der Waals surface area contributed by atoms with Crippen molar-refractivity contribution in [1.29, 1.82) is 0 Å². The number of nitrogens with one attached hydrogen (secondary N) is 3. The molecule has 0 aliphatic rings. The molecule has 27 heavy (non-hydrogen) atoms. The summed E-state index contributed by atoms with van der Waals surface area (Å²) in [6, 6.07) is 13.4. The Morgan fingerprint density at radius 2 is 1.63 bits per heavy atom. The number of thiocarbonyl (C=S) groups is 1. The molecule has 0 bridgehead atoms. The maximum Gasteiger partial charge on any atom is 0.264 e. The summed E-state index contributed by atoms with van der Waals surface area (Å²) in [4.78, 5) is 12.0. The van der Waals surface area contributed by atoms with Crippen LogP contribution in [0.1, 0.15) is 5.69 Å². The van der Waals surface area contributed by atoms with Gasteiger partial charge in [0, 0.05) is 24.3 Å². The zero-order valence-electron chi connectivity index (χ0n) is 14.0. The highest BCUT2D eigenvalue weighted by molar-refractivity contribution is 7.92. The molecule has 0 radical (unpaired) electrons. The van der Waals surface area contributed by atoms with Crippen molar-refractivity contribution < 1.29 is 8.42 Å². The summed E-state index contributed by atoms with van der Waals surface area (Å²) in [7, 11) is -3.76. The van der Waals surface area contributed by atoms with Crippen LogP contribution in [-0.2, 0) is 16.6 Å². The van der Waals surface area contributed by atoms with Gasteiger partial charge in [0.25, 0.3) is 10.0 Å². The van der Waals surface area contributed by atoms with Crippen LogP contribution in [0.5, 0.6) is 0 Å². The molecule has 0 atom stereocenters. The molecule has 0 spiro atoms. The lowest BCUT2D eigenvalue weighted by atomic mass is 10.3. The average Bonchev–Trinajstić information content (AvgIpc) is 2.68. The van der Waals surface area contributed by atoms with Crippen molar-refractivity contribution in [3.8, 4) is 0 Å². The van der Waals surface area contributed by atoms with E-state index in [-0.39, 0.29) is 10.8 Å². The van der Waals surface area contributed by atoms with Gasteiger partial charge in [0.15, 0.2) is 5.11 Å². The Hall–Kier alpha value is -3.11. The second kappa shape index (κ2) is 8.52. The molecule has 10 heteroatoms. The number of pyridine rings is 1. The van der Waals surface area contributed by atoms with Gasteiger partial charge in [-0.3, -0.25) is 4.98 Å². The molecule has 2 aromatic heterocycles. The van der Waals surface area contributed by atoms with Gasteiger partial charge in [-0.05, 0) is 54.7 Å². The minimum absolute atomic E-state index is 0.0135. The van der Waals surface area contributed by atoms with E-state index in [4.69, 9.17) is 12.2 Å². The molecule has 1 aromatic carbocycles. The predicted octanol–water partition coefficient (Wildman–Crippen LogP) is 2.16. The van der Waals surface area contributed by atoms with E-state index in [1.165, 1.54) is 24.5 Å². The van der Waals surface area contributed by atoms with E-state index >= 15 is 0 Å². The zero-order valence-corrected chi connectivity index (χ0v) is 15.7. The van der Waals surface area contributed by atoms with Gasteiger partial charge in [-0.1, -0.05) is 6.07 Å². The first-order valence-corrected chi connectivity index (χ1v) is 9.77. The third-order valence-corrected chi connectivity index (χ3v) is 4.96. The molecule has 3 aromatic rings. The Kier molecular flexibility index (Phi) is 5.89. The molecule has 3 N–H and O–H groups in total. The van der Waals surface area contributed by atoms with Crippen molar-refractivity contribution in [1.82, 2.24) is 20.3 Å². The highest BCUT2D eigenvalue weighted by Gasteiger charge is 2.15.